The third-order valence-corrected chi connectivity index (χ3v) is 5.59. The zero-order valence-electron chi connectivity index (χ0n) is 16.6. The number of fused-ring (bicyclic) bond motifs is 1. The highest BCUT2D eigenvalue weighted by Gasteiger charge is 2.34. The SMILES string of the molecule is CCCNC(=O)N1CCCCC1c1nn(Cc2cccnc2)c2c1COCC2. The topological polar surface area (TPSA) is 72.3 Å². The van der Waals surface area contributed by atoms with Crippen LogP contribution >= 0.6 is 0 Å². The molecule has 150 valence electrons. The summed E-state index contributed by atoms with van der Waals surface area (Å²) in [4.78, 5) is 19.0. The second kappa shape index (κ2) is 8.73. The first-order chi connectivity index (χ1) is 13.8. The molecule has 1 fully saturated rings. The molecule has 0 aliphatic carbocycles. The lowest BCUT2D eigenvalue weighted by Gasteiger charge is -2.35. The minimum atomic E-state index is 0.0243. The molecule has 0 spiro atoms. The van der Waals surface area contributed by atoms with Crippen LogP contribution < -0.4 is 5.32 Å². The molecule has 2 aromatic rings. The Morgan fingerprint density at radius 1 is 1.39 bits per heavy atom. The van der Waals surface area contributed by atoms with Gasteiger partial charge in [0.05, 0.1) is 31.5 Å². The van der Waals surface area contributed by atoms with Crippen LogP contribution in [0.5, 0.6) is 0 Å². The molecule has 0 aromatic carbocycles. The van der Waals surface area contributed by atoms with Gasteiger partial charge in [-0.25, -0.2) is 4.79 Å². The summed E-state index contributed by atoms with van der Waals surface area (Å²) in [5, 5.41) is 8.05. The molecule has 2 amide bonds. The van der Waals surface area contributed by atoms with E-state index in [1.807, 2.05) is 17.2 Å². The van der Waals surface area contributed by atoms with Crippen LogP contribution in [0, 0.1) is 0 Å². The number of amides is 2. The van der Waals surface area contributed by atoms with Crippen molar-refractivity contribution in [3.63, 3.8) is 0 Å². The van der Waals surface area contributed by atoms with Gasteiger partial charge in [-0.2, -0.15) is 5.10 Å². The van der Waals surface area contributed by atoms with Crippen molar-refractivity contribution in [3.8, 4) is 0 Å². The van der Waals surface area contributed by atoms with E-state index in [-0.39, 0.29) is 12.1 Å². The van der Waals surface area contributed by atoms with Gasteiger partial charge in [-0.3, -0.25) is 9.67 Å². The van der Waals surface area contributed by atoms with Crippen LogP contribution in [0.2, 0.25) is 0 Å². The highest BCUT2D eigenvalue weighted by Crippen LogP contribution is 2.35. The Kier molecular flexibility index (Phi) is 5.90. The lowest BCUT2D eigenvalue weighted by Crippen LogP contribution is -2.45. The van der Waals surface area contributed by atoms with Crippen molar-refractivity contribution in [1.29, 1.82) is 0 Å². The highest BCUT2D eigenvalue weighted by molar-refractivity contribution is 5.74. The Hall–Kier alpha value is -2.41. The molecule has 28 heavy (non-hydrogen) atoms. The van der Waals surface area contributed by atoms with Crippen LogP contribution in [0.15, 0.2) is 24.5 Å². The van der Waals surface area contributed by atoms with Gasteiger partial charge < -0.3 is 15.0 Å². The molecular weight excluding hydrogens is 354 g/mol. The van der Waals surface area contributed by atoms with Crippen LogP contribution in [0.25, 0.3) is 0 Å². The fourth-order valence-electron chi connectivity index (χ4n) is 4.19. The molecule has 1 atom stereocenters. The molecular formula is C21H29N5O2. The van der Waals surface area contributed by atoms with Gasteiger partial charge in [-0.05, 0) is 37.3 Å². The number of rotatable bonds is 5. The summed E-state index contributed by atoms with van der Waals surface area (Å²) in [6.07, 6.45) is 8.59. The molecule has 1 saturated heterocycles. The molecule has 2 aliphatic rings. The summed E-state index contributed by atoms with van der Waals surface area (Å²) in [6.45, 7) is 5.56. The predicted octanol–water partition coefficient (Wildman–Crippen LogP) is 3.05. The first-order valence-corrected chi connectivity index (χ1v) is 10.4. The van der Waals surface area contributed by atoms with E-state index in [9.17, 15) is 4.79 Å². The predicted molar refractivity (Wildman–Crippen MR) is 106 cm³/mol. The summed E-state index contributed by atoms with van der Waals surface area (Å²) in [5.74, 6) is 0. The maximum atomic E-state index is 12.7. The largest absolute Gasteiger partial charge is 0.376 e. The molecule has 0 radical (unpaired) electrons. The van der Waals surface area contributed by atoms with Crippen LogP contribution in [-0.2, 0) is 24.3 Å². The molecule has 2 aromatic heterocycles. The summed E-state index contributed by atoms with van der Waals surface area (Å²) >= 11 is 0. The number of pyridine rings is 1. The van der Waals surface area contributed by atoms with Gasteiger partial charge in [0.1, 0.15) is 0 Å². The normalized spacial score (nSPS) is 19.3. The Labute approximate surface area is 166 Å². The first-order valence-electron chi connectivity index (χ1n) is 10.4. The maximum absolute atomic E-state index is 12.7. The van der Waals surface area contributed by atoms with Crippen molar-refractivity contribution in [3.05, 3.63) is 47.0 Å². The summed E-state index contributed by atoms with van der Waals surface area (Å²) in [6, 6.07) is 4.08. The zero-order chi connectivity index (χ0) is 19.3. The number of carbonyl (C=O) groups is 1. The maximum Gasteiger partial charge on any atom is 0.317 e. The van der Waals surface area contributed by atoms with Gasteiger partial charge in [-0.15, -0.1) is 0 Å². The fraction of sp³-hybridized carbons (Fsp3) is 0.571. The van der Waals surface area contributed by atoms with Crippen LogP contribution in [0.1, 0.15) is 61.2 Å². The Morgan fingerprint density at radius 3 is 3.14 bits per heavy atom. The number of urea groups is 1. The van der Waals surface area contributed by atoms with E-state index < -0.39 is 0 Å². The first kappa shape index (κ1) is 18.9. The average molecular weight is 383 g/mol. The average Bonchev–Trinajstić information content (AvgIpc) is 3.11. The summed E-state index contributed by atoms with van der Waals surface area (Å²) in [7, 11) is 0. The van der Waals surface area contributed by atoms with E-state index >= 15 is 0 Å². The number of carbonyl (C=O) groups excluding carboxylic acids is 1. The van der Waals surface area contributed by atoms with Gasteiger partial charge in [0.25, 0.3) is 0 Å². The van der Waals surface area contributed by atoms with E-state index in [0.29, 0.717) is 19.7 Å². The molecule has 7 nitrogen and oxygen atoms in total. The van der Waals surface area contributed by atoms with Crippen molar-refractivity contribution in [2.75, 3.05) is 19.7 Å². The van der Waals surface area contributed by atoms with E-state index in [4.69, 9.17) is 9.84 Å². The number of nitrogens with one attached hydrogen (secondary N) is 1. The standard InChI is InChI=1S/C21H29N5O2/c1-2-9-23-21(27)25-11-4-3-7-19(25)20-17-15-28-12-8-18(17)26(24-20)14-16-6-5-10-22-13-16/h5-6,10,13,19H,2-4,7-9,11-12,14-15H2,1H3,(H,23,27). The molecule has 0 bridgehead atoms. The number of piperidine rings is 1. The summed E-state index contributed by atoms with van der Waals surface area (Å²) in [5.41, 5.74) is 4.57. The number of nitrogens with zero attached hydrogens (tertiary/aromatic N) is 4. The van der Waals surface area contributed by atoms with Crippen LogP contribution in [0.3, 0.4) is 0 Å². The minimum absolute atomic E-state index is 0.0243. The monoisotopic (exact) mass is 383 g/mol. The second-order valence-electron chi connectivity index (χ2n) is 7.57. The van der Waals surface area contributed by atoms with Gasteiger partial charge in [0.2, 0.25) is 0 Å². The molecule has 0 saturated carbocycles. The molecule has 1 N–H and O–H groups in total. The van der Waals surface area contributed by atoms with Gasteiger partial charge in [0, 0.05) is 43.2 Å². The molecule has 4 rings (SSSR count). The van der Waals surface area contributed by atoms with E-state index in [2.05, 4.69) is 28.0 Å². The number of ether oxygens (including phenoxy) is 1. The minimum Gasteiger partial charge on any atom is -0.376 e. The molecule has 7 heteroatoms. The van der Waals surface area contributed by atoms with Crippen LogP contribution in [-0.4, -0.2) is 45.4 Å². The van der Waals surface area contributed by atoms with E-state index in [0.717, 1.165) is 56.5 Å². The zero-order valence-corrected chi connectivity index (χ0v) is 16.6. The van der Waals surface area contributed by atoms with Crippen molar-refractivity contribution in [1.82, 2.24) is 25.0 Å². The number of likely N-dealkylation sites (tertiary alicyclic amines) is 1. The Balaban J connectivity index is 1.65. The lowest BCUT2D eigenvalue weighted by atomic mass is 9.95. The van der Waals surface area contributed by atoms with E-state index in [1.165, 1.54) is 11.3 Å². The van der Waals surface area contributed by atoms with Crippen molar-refractivity contribution in [2.24, 2.45) is 0 Å². The number of aromatic nitrogens is 3. The fourth-order valence-corrected chi connectivity index (χ4v) is 4.19. The van der Waals surface area contributed by atoms with Gasteiger partial charge in [0.15, 0.2) is 0 Å². The third kappa shape index (κ3) is 3.90. The number of hydrogen-bond acceptors (Lipinski definition) is 4. The third-order valence-electron chi connectivity index (χ3n) is 5.59. The van der Waals surface area contributed by atoms with Crippen LogP contribution in [0.4, 0.5) is 4.79 Å². The van der Waals surface area contributed by atoms with Crippen molar-refractivity contribution in [2.45, 2.75) is 58.2 Å². The molecule has 4 heterocycles. The Bertz CT molecular complexity index is 805. The van der Waals surface area contributed by atoms with Gasteiger partial charge >= 0.3 is 6.03 Å². The van der Waals surface area contributed by atoms with Crippen molar-refractivity contribution >= 4 is 6.03 Å². The van der Waals surface area contributed by atoms with E-state index in [1.54, 1.807) is 6.20 Å². The molecule has 2 aliphatic heterocycles. The second-order valence-corrected chi connectivity index (χ2v) is 7.57. The number of hydrogen-bond donors (Lipinski definition) is 1. The highest BCUT2D eigenvalue weighted by atomic mass is 16.5. The van der Waals surface area contributed by atoms with Gasteiger partial charge in [-0.1, -0.05) is 13.0 Å². The summed E-state index contributed by atoms with van der Waals surface area (Å²) < 4.78 is 7.86. The lowest BCUT2D eigenvalue weighted by molar-refractivity contribution is 0.105. The Morgan fingerprint density at radius 2 is 2.32 bits per heavy atom. The quantitative estimate of drug-likeness (QED) is 0.861. The molecule has 1 unspecified atom stereocenters. The smallest absolute Gasteiger partial charge is 0.317 e. The van der Waals surface area contributed by atoms with Crippen molar-refractivity contribution < 1.29 is 9.53 Å².